The number of ether oxygens (including phenoxy) is 1. The molecule has 0 radical (unpaired) electrons. The summed E-state index contributed by atoms with van der Waals surface area (Å²) in [5, 5.41) is 0. The SMILES string of the molecule is COC1=C(c2ccccc2)c2cnccc2N(CCCN(C)C)C1. The van der Waals surface area contributed by atoms with Crippen LogP contribution in [0.2, 0.25) is 0 Å². The second-order valence-electron chi connectivity index (χ2n) is 6.34. The van der Waals surface area contributed by atoms with E-state index in [1.165, 1.54) is 11.3 Å². The smallest absolute Gasteiger partial charge is 0.123 e. The van der Waals surface area contributed by atoms with E-state index in [1.807, 2.05) is 18.5 Å². The highest BCUT2D eigenvalue weighted by molar-refractivity contribution is 5.89. The van der Waals surface area contributed by atoms with Gasteiger partial charge in [0.05, 0.1) is 13.7 Å². The van der Waals surface area contributed by atoms with Crippen LogP contribution in [0.4, 0.5) is 5.69 Å². The first kappa shape index (κ1) is 16.5. The van der Waals surface area contributed by atoms with Crippen molar-refractivity contribution in [2.24, 2.45) is 0 Å². The Bertz CT molecular complexity index is 710. The van der Waals surface area contributed by atoms with Crippen molar-refractivity contribution in [1.29, 1.82) is 0 Å². The van der Waals surface area contributed by atoms with E-state index in [4.69, 9.17) is 4.74 Å². The van der Waals surface area contributed by atoms with Crippen LogP contribution in [0, 0.1) is 0 Å². The maximum Gasteiger partial charge on any atom is 0.123 e. The highest BCUT2D eigenvalue weighted by Gasteiger charge is 2.26. The van der Waals surface area contributed by atoms with Crippen molar-refractivity contribution >= 4 is 11.3 Å². The molecule has 1 aliphatic rings. The van der Waals surface area contributed by atoms with Crippen LogP contribution in [0.25, 0.3) is 5.57 Å². The molecular formula is C20H25N3O. The van der Waals surface area contributed by atoms with Crippen LogP contribution in [-0.4, -0.2) is 50.7 Å². The van der Waals surface area contributed by atoms with Gasteiger partial charge in [0.25, 0.3) is 0 Å². The summed E-state index contributed by atoms with van der Waals surface area (Å²) in [6.45, 7) is 2.88. The summed E-state index contributed by atoms with van der Waals surface area (Å²) >= 11 is 0. The van der Waals surface area contributed by atoms with Gasteiger partial charge in [-0.1, -0.05) is 30.3 Å². The first-order valence-corrected chi connectivity index (χ1v) is 8.37. The van der Waals surface area contributed by atoms with Gasteiger partial charge in [0.15, 0.2) is 0 Å². The van der Waals surface area contributed by atoms with E-state index in [0.717, 1.165) is 43.0 Å². The predicted octanol–water partition coefficient (Wildman–Crippen LogP) is 3.26. The van der Waals surface area contributed by atoms with Crippen LogP contribution in [0.15, 0.2) is 54.6 Å². The van der Waals surface area contributed by atoms with Crippen molar-refractivity contribution in [1.82, 2.24) is 9.88 Å². The number of nitrogens with zero attached hydrogens (tertiary/aromatic N) is 3. The Balaban J connectivity index is 1.97. The fourth-order valence-corrected chi connectivity index (χ4v) is 3.21. The molecule has 3 rings (SSSR count). The third-order valence-electron chi connectivity index (χ3n) is 4.36. The zero-order valence-electron chi connectivity index (χ0n) is 14.7. The minimum Gasteiger partial charge on any atom is -0.499 e. The van der Waals surface area contributed by atoms with Crippen LogP contribution < -0.4 is 4.90 Å². The van der Waals surface area contributed by atoms with E-state index < -0.39 is 0 Å². The summed E-state index contributed by atoms with van der Waals surface area (Å²) in [6.07, 6.45) is 4.94. The number of aromatic nitrogens is 1. The lowest BCUT2D eigenvalue weighted by atomic mass is 9.93. The largest absolute Gasteiger partial charge is 0.499 e. The molecule has 24 heavy (non-hydrogen) atoms. The Hall–Kier alpha value is -2.33. The minimum atomic E-state index is 0.797. The topological polar surface area (TPSA) is 28.6 Å². The molecule has 2 heterocycles. The molecule has 1 aliphatic heterocycles. The number of pyridine rings is 1. The van der Waals surface area contributed by atoms with E-state index in [-0.39, 0.29) is 0 Å². The first-order chi connectivity index (χ1) is 11.7. The summed E-state index contributed by atoms with van der Waals surface area (Å²) in [5.74, 6) is 1.01. The van der Waals surface area contributed by atoms with Crippen molar-refractivity contribution in [2.45, 2.75) is 6.42 Å². The van der Waals surface area contributed by atoms with E-state index >= 15 is 0 Å². The highest BCUT2D eigenvalue weighted by atomic mass is 16.5. The van der Waals surface area contributed by atoms with Gasteiger partial charge in [0, 0.05) is 35.8 Å². The van der Waals surface area contributed by atoms with Crippen LogP contribution in [-0.2, 0) is 4.74 Å². The summed E-state index contributed by atoms with van der Waals surface area (Å²) < 4.78 is 5.77. The van der Waals surface area contributed by atoms with Gasteiger partial charge < -0.3 is 14.5 Å². The van der Waals surface area contributed by atoms with Crippen LogP contribution in [0.3, 0.4) is 0 Å². The Morgan fingerprint density at radius 3 is 2.67 bits per heavy atom. The Morgan fingerprint density at radius 2 is 1.96 bits per heavy atom. The van der Waals surface area contributed by atoms with Gasteiger partial charge in [-0.05, 0) is 38.7 Å². The summed E-state index contributed by atoms with van der Waals surface area (Å²) in [5.41, 5.74) is 4.72. The quantitative estimate of drug-likeness (QED) is 0.816. The average Bonchev–Trinajstić information content (AvgIpc) is 2.61. The van der Waals surface area contributed by atoms with E-state index in [0.29, 0.717) is 0 Å². The molecule has 0 aliphatic carbocycles. The lowest BCUT2D eigenvalue weighted by Gasteiger charge is -2.34. The van der Waals surface area contributed by atoms with Crippen molar-refractivity contribution in [3.8, 4) is 0 Å². The Kier molecular flexibility index (Phi) is 5.16. The van der Waals surface area contributed by atoms with Gasteiger partial charge in [-0.3, -0.25) is 4.98 Å². The molecule has 0 unspecified atom stereocenters. The van der Waals surface area contributed by atoms with Gasteiger partial charge in [-0.25, -0.2) is 0 Å². The highest BCUT2D eigenvalue weighted by Crippen LogP contribution is 2.38. The third-order valence-corrected chi connectivity index (χ3v) is 4.36. The average molecular weight is 323 g/mol. The molecule has 0 saturated heterocycles. The van der Waals surface area contributed by atoms with Crippen molar-refractivity contribution < 1.29 is 4.74 Å². The van der Waals surface area contributed by atoms with Crippen LogP contribution >= 0.6 is 0 Å². The number of rotatable bonds is 6. The fourth-order valence-electron chi connectivity index (χ4n) is 3.21. The van der Waals surface area contributed by atoms with Crippen molar-refractivity contribution in [3.63, 3.8) is 0 Å². The number of fused-ring (bicyclic) bond motifs is 1. The molecule has 4 nitrogen and oxygen atoms in total. The fraction of sp³-hybridized carbons (Fsp3) is 0.350. The molecule has 0 atom stereocenters. The Morgan fingerprint density at radius 1 is 1.17 bits per heavy atom. The van der Waals surface area contributed by atoms with E-state index in [9.17, 15) is 0 Å². The molecule has 0 N–H and O–H groups in total. The zero-order chi connectivity index (χ0) is 16.9. The monoisotopic (exact) mass is 323 g/mol. The lowest BCUT2D eigenvalue weighted by molar-refractivity contribution is 0.285. The second kappa shape index (κ2) is 7.49. The van der Waals surface area contributed by atoms with Crippen LogP contribution in [0.1, 0.15) is 17.5 Å². The molecule has 0 amide bonds. The minimum absolute atomic E-state index is 0.797. The maximum absolute atomic E-state index is 5.77. The molecule has 0 bridgehead atoms. The van der Waals surface area contributed by atoms with Crippen LogP contribution in [0.5, 0.6) is 0 Å². The number of hydrogen-bond donors (Lipinski definition) is 0. The molecule has 4 heteroatoms. The molecule has 0 fully saturated rings. The molecule has 2 aromatic rings. The van der Waals surface area contributed by atoms with Gasteiger partial charge >= 0.3 is 0 Å². The molecule has 0 spiro atoms. The van der Waals surface area contributed by atoms with Gasteiger partial charge in [-0.2, -0.15) is 0 Å². The molecule has 0 saturated carbocycles. The number of hydrogen-bond acceptors (Lipinski definition) is 4. The predicted molar refractivity (Wildman–Crippen MR) is 99.1 cm³/mol. The number of methoxy groups -OCH3 is 1. The standard InChI is InChI=1S/C20H25N3O/c1-22(2)12-7-13-23-15-19(24-3)20(16-8-5-4-6-9-16)17-14-21-11-10-18(17)23/h4-6,8-11,14H,7,12-13,15H2,1-3H3. The lowest BCUT2D eigenvalue weighted by Crippen LogP contribution is -2.33. The number of benzene rings is 1. The second-order valence-corrected chi connectivity index (χ2v) is 6.34. The van der Waals surface area contributed by atoms with Gasteiger partial charge in [0.2, 0.25) is 0 Å². The Labute approximate surface area is 144 Å². The van der Waals surface area contributed by atoms with E-state index in [1.54, 1.807) is 7.11 Å². The molecule has 1 aromatic heterocycles. The normalized spacial score (nSPS) is 14.1. The van der Waals surface area contributed by atoms with Crippen molar-refractivity contribution in [2.75, 3.05) is 45.7 Å². The zero-order valence-corrected chi connectivity index (χ0v) is 14.7. The summed E-state index contributed by atoms with van der Waals surface area (Å²) in [4.78, 5) is 8.98. The summed E-state index contributed by atoms with van der Waals surface area (Å²) in [6, 6.07) is 12.5. The molecular weight excluding hydrogens is 298 g/mol. The van der Waals surface area contributed by atoms with E-state index in [2.05, 4.69) is 59.2 Å². The molecule has 126 valence electrons. The van der Waals surface area contributed by atoms with Crippen molar-refractivity contribution in [3.05, 3.63) is 65.7 Å². The third kappa shape index (κ3) is 3.44. The van der Waals surface area contributed by atoms with Gasteiger partial charge in [-0.15, -0.1) is 0 Å². The molecule has 1 aromatic carbocycles. The van der Waals surface area contributed by atoms with Gasteiger partial charge in [0.1, 0.15) is 5.76 Å². The first-order valence-electron chi connectivity index (χ1n) is 8.37. The number of anilines is 1. The maximum atomic E-state index is 5.77. The summed E-state index contributed by atoms with van der Waals surface area (Å²) in [7, 11) is 5.99.